The number of fused-ring (bicyclic) bond motifs is 1. The van der Waals surface area contributed by atoms with Gasteiger partial charge in [-0.25, -0.2) is 12.8 Å². The summed E-state index contributed by atoms with van der Waals surface area (Å²) in [5, 5.41) is 2.60. The number of benzene rings is 2. The lowest BCUT2D eigenvalue weighted by atomic mass is 10.2. The summed E-state index contributed by atoms with van der Waals surface area (Å²) >= 11 is 0. The number of ether oxygens (including phenoxy) is 1. The fraction of sp³-hybridized carbons (Fsp3) is 0.125. The maximum atomic E-state index is 13.0. The Bertz CT molecular complexity index is 978. The van der Waals surface area contributed by atoms with E-state index < -0.39 is 28.4 Å². The van der Waals surface area contributed by atoms with E-state index in [4.69, 9.17) is 4.74 Å². The van der Waals surface area contributed by atoms with Crippen molar-refractivity contribution in [2.24, 2.45) is 0 Å². The Morgan fingerprint density at radius 2 is 2.04 bits per heavy atom. The van der Waals surface area contributed by atoms with Crippen LogP contribution in [0.4, 0.5) is 10.1 Å². The predicted octanol–water partition coefficient (Wildman–Crippen LogP) is 0.709. The number of hydrogen-bond acceptors (Lipinski definition) is 5. The molecule has 0 fully saturated rings. The van der Waals surface area contributed by atoms with Crippen LogP contribution < -0.4 is 20.3 Å². The van der Waals surface area contributed by atoms with Crippen molar-refractivity contribution >= 4 is 27.5 Å². The second-order valence-electron chi connectivity index (χ2n) is 5.44. The van der Waals surface area contributed by atoms with Gasteiger partial charge in [0.15, 0.2) is 6.61 Å². The van der Waals surface area contributed by atoms with Crippen molar-refractivity contribution in [3.8, 4) is 5.75 Å². The Balaban J connectivity index is 1.57. The van der Waals surface area contributed by atoms with Gasteiger partial charge in [-0.15, -0.1) is 4.83 Å². The summed E-state index contributed by atoms with van der Waals surface area (Å²) in [4.78, 5) is 24.9. The molecule has 3 N–H and O–H groups in total. The van der Waals surface area contributed by atoms with E-state index in [1.165, 1.54) is 36.4 Å². The Labute approximate surface area is 148 Å². The van der Waals surface area contributed by atoms with Crippen molar-refractivity contribution in [3.05, 3.63) is 53.8 Å². The van der Waals surface area contributed by atoms with Gasteiger partial charge in [-0.05, 0) is 35.9 Å². The molecule has 8 nitrogen and oxygen atoms in total. The van der Waals surface area contributed by atoms with Gasteiger partial charge in [0.2, 0.25) is 5.91 Å². The molecule has 0 atom stereocenters. The van der Waals surface area contributed by atoms with Gasteiger partial charge in [-0.3, -0.25) is 15.0 Å². The first kappa shape index (κ1) is 17.8. The summed E-state index contributed by atoms with van der Waals surface area (Å²) in [6.07, 6.45) is 0.0898. The minimum absolute atomic E-state index is 0.0898. The highest BCUT2D eigenvalue weighted by Crippen LogP contribution is 2.25. The quantitative estimate of drug-likeness (QED) is 0.640. The Morgan fingerprint density at radius 3 is 2.81 bits per heavy atom. The monoisotopic (exact) mass is 379 g/mol. The minimum Gasteiger partial charge on any atom is -0.484 e. The van der Waals surface area contributed by atoms with Crippen LogP contribution in [0.3, 0.4) is 0 Å². The summed E-state index contributed by atoms with van der Waals surface area (Å²) in [6.45, 7) is -0.505. The molecule has 2 aromatic carbocycles. The SMILES string of the molecule is O=C(COc1cccc(F)c1)NNS(=O)(=O)c1ccc2c(c1)CC(=O)N2. The first-order valence-corrected chi connectivity index (χ1v) is 8.93. The highest BCUT2D eigenvalue weighted by Gasteiger charge is 2.22. The highest BCUT2D eigenvalue weighted by molar-refractivity contribution is 7.89. The van der Waals surface area contributed by atoms with Crippen molar-refractivity contribution in [1.82, 2.24) is 10.3 Å². The molecule has 136 valence electrons. The number of nitrogens with one attached hydrogen (secondary N) is 3. The largest absolute Gasteiger partial charge is 0.484 e. The van der Waals surface area contributed by atoms with Gasteiger partial charge < -0.3 is 10.1 Å². The average molecular weight is 379 g/mol. The van der Waals surface area contributed by atoms with E-state index in [1.807, 2.05) is 10.3 Å². The fourth-order valence-electron chi connectivity index (χ4n) is 2.30. The molecule has 3 rings (SSSR count). The number of rotatable bonds is 6. The zero-order valence-electron chi connectivity index (χ0n) is 13.3. The number of amides is 2. The summed E-state index contributed by atoms with van der Waals surface area (Å²) in [7, 11) is -4.02. The Morgan fingerprint density at radius 1 is 1.23 bits per heavy atom. The molecular weight excluding hydrogens is 365 g/mol. The third-order valence-electron chi connectivity index (χ3n) is 3.50. The molecular formula is C16H14FN3O5S. The Hall–Kier alpha value is -2.98. The van der Waals surface area contributed by atoms with Crippen molar-refractivity contribution in [3.63, 3.8) is 0 Å². The zero-order chi connectivity index (χ0) is 18.7. The number of sulfonamides is 1. The molecule has 0 bridgehead atoms. The van der Waals surface area contributed by atoms with Crippen LogP contribution in [0.5, 0.6) is 5.75 Å². The van der Waals surface area contributed by atoms with Crippen LogP contribution >= 0.6 is 0 Å². The lowest BCUT2D eigenvalue weighted by Gasteiger charge is -2.10. The second kappa shape index (κ2) is 7.10. The fourth-order valence-corrected chi connectivity index (χ4v) is 3.21. The summed E-state index contributed by atoms with van der Waals surface area (Å²) < 4.78 is 42.5. The predicted molar refractivity (Wildman–Crippen MR) is 89.1 cm³/mol. The smallest absolute Gasteiger partial charge is 0.272 e. The molecule has 0 aromatic heterocycles. The number of hydrazine groups is 1. The van der Waals surface area contributed by atoms with E-state index in [1.54, 1.807) is 0 Å². The van der Waals surface area contributed by atoms with Crippen molar-refractivity contribution in [1.29, 1.82) is 0 Å². The molecule has 10 heteroatoms. The van der Waals surface area contributed by atoms with Gasteiger partial charge in [0.05, 0.1) is 11.3 Å². The van der Waals surface area contributed by atoms with Gasteiger partial charge in [-0.1, -0.05) is 6.07 Å². The molecule has 0 saturated carbocycles. The summed E-state index contributed by atoms with van der Waals surface area (Å²) in [6, 6.07) is 9.33. The first-order valence-electron chi connectivity index (χ1n) is 7.45. The third-order valence-corrected chi connectivity index (χ3v) is 4.75. The van der Waals surface area contributed by atoms with Crippen molar-refractivity contribution in [2.75, 3.05) is 11.9 Å². The number of anilines is 1. The molecule has 26 heavy (non-hydrogen) atoms. The van der Waals surface area contributed by atoms with E-state index in [9.17, 15) is 22.4 Å². The second-order valence-corrected chi connectivity index (χ2v) is 7.13. The number of carbonyl (C=O) groups is 2. The van der Waals surface area contributed by atoms with Crippen LogP contribution in [-0.2, 0) is 26.0 Å². The minimum atomic E-state index is -4.02. The van der Waals surface area contributed by atoms with Crippen LogP contribution in [0.2, 0.25) is 0 Å². The maximum absolute atomic E-state index is 13.0. The third kappa shape index (κ3) is 4.16. The van der Waals surface area contributed by atoms with E-state index in [-0.39, 0.29) is 23.0 Å². The molecule has 2 aromatic rings. The van der Waals surface area contributed by atoms with Crippen LogP contribution in [0.15, 0.2) is 47.4 Å². The van der Waals surface area contributed by atoms with Crippen LogP contribution in [0.25, 0.3) is 0 Å². The average Bonchev–Trinajstić information content (AvgIpc) is 2.97. The lowest BCUT2D eigenvalue weighted by molar-refractivity contribution is -0.123. The van der Waals surface area contributed by atoms with E-state index in [0.29, 0.717) is 11.3 Å². The standard InChI is InChI=1S/C16H14FN3O5S/c17-11-2-1-3-12(8-11)25-9-16(22)19-20-26(23,24)13-4-5-14-10(6-13)7-15(21)18-14/h1-6,8,20H,7,9H2,(H,18,21)(H,19,22). The first-order chi connectivity index (χ1) is 12.3. The van der Waals surface area contributed by atoms with Crippen LogP contribution in [-0.4, -0.2) is 26.8 Å². The van der Waals surface area contributed by atoms with Gasteiger partial charge in [0.25, 0.3) is 15.9 Å². The van der Waals surface area contributed by atoms with Crippen LogP contribution in [0.1, 0.15) is 5.56 Å². The van der Waals surface area contributed by atoms with E-state index >= 15 is 0 Å². The van der Waals surface area contributed by atoms with Crippen molar-refractivity contribution < 1.29 is 27.1 Å². The number of carbonyl (C=O) groups excluding carboxylic acids is 2. The molecule has 0 spiro atoms. The summed E-state index contributed by atoms with van der Waals surface area (Å²) in [5.41, 5.74) is 3.12. The maximum Gasteiger partial charge on any atom is 0.272 e. The number of hydrogen-bond donors (Lipinski definition) is 3. The molecule has 1 aliphatic rings. The highest BCUT2D eigenvalue weighted by atomic mass is 32.2. The molecule has 1 aliphatic heterocycles. The molecule has 0 saturated heterocycles. The van der Waals surface area contributed by atoms with Gasteiger partial charge in [0.1, 0.15) is 11.6 Å². The molecule has 2 amide bonds. The zero-order valence-corrected chi connectivity index (χ0v) is 14.1. The van der Waals surface area contributed by atoms with Gasteiger partial charge in [-0.2, -0.15) is 0 Å². The molecule has 1 heterocycles. The van der Waals surface area contributed by atoms with Crippen LogP contribution in [0, 0.1) is 5.82 Å². The molecule has 0 radical (unpaired) electrons. The molecule has 0 unspecified atom stereocenters. The Kier molecular flexibility index (Phi) is 4.87. The van der Waals surface area contributed by atoms with Crippen molar-refractivity contribution in [2.45, 2.75) is 11.3 Å². The molecule has 0 aliphatic carbocycles. The normalized spacial score (nSPS) is 13.0. The summed E-state index contributed by atoms with van der Waals surface area (Å²) in [5.74, 6) is -1.37. The van der Waals surface area contributed by atoms with E-state index in [2.05, 4.69) is 5.32 Å². The lowest BCUT2D eigenvalue weighted by Crippen LogP contribution is -2.43. The number of halogens is 1. The van der Waals surface area contributed by atoms with Gasteiger partial charge >= 0.3 is 0 Å². The van der Waals surface area contributed by atoms with E-state index in [0.717, 1.165) is 6.07 Å². The topological polar surface area (TPSA) is 114 Å². The van der Waals surface area contributed by atoms with Gasteiger partial charge in [0, 0.05) is 11.8 Å².